The van der Waals surface area contributed by atoms with Gasteiger partial charge >= 0.3 is 11.9 Å². The molecule has 7 N–H and O–H groups in total. The molecular formula is C36H36O15. The van der Waals surface area contributed by atoms with E-state index in [-0.39, 0.29) is 34.5 Å². The molecular weight excluding hydrogens is 672 g/mol. The van der Waals surface area contributed by atoms with Crippen LogP contribution in [0.4, 0.5) is 0 Å². The number of carbonyl (C=O) groups excluding carboxylic acids is 3. The normalized spacial score (nSPS) is 23.3. The van der Waals surface area contributed by atoms with Crippen molar-refractivity contribution in [1.29, 1.82) is 0 Å². The Morgan fingerprint density at radius 3 is 1.25 bits per heavy atom. The molecule has 0 spiro atoms. The molecule has 1 saturated carbocycles. The van der Waals surface area contributed by atoms with Crippen LogP contribution in [0.1, 0.15) is 16.7 Å². The van der Waals surface area contributed by atoms with Crippen molar-refractivity contribution in [2.24, 2.45) is 0 Å². The van der Waals surface area contributed by atoms with Gasteiger partial charge in [-0.2, -0.15) is 0 Å². The van der Waals surface area contributed by atoms with E-state index in [0.717, 1.165) is 24.3 Å². The molecule has 1 fully saturated rings. The van der Waals surface area contributed by atoms with Crippen molar-refractivity contribution >= 4 is 35.9 Å². The Morgan fingerprint density at radius 1 is 0.588 bits per heavy atom. The van der Waals surface area contributed by atoms with Crippen molar-refractivity contribution in [3.05, 3.63) is 89.5 Å². The minimum atomic E-state index is -3.21. The quantitative estimate of drug-likeness (QED) is 0.104. The Kier molecular flexibility index (Phi) is 12.1. The molecule has 2 unspecified atom stereocenters. The molecule has 1 aliphatic carbocycles. The SMILES string of the molecule is COc1cc(C=CC(=O)O[C@@H]2C(O)[C@H](OC(=O)C=Cc3ccc(O)c(OC)c3)[C@@H](O)C(O)(C(=O)C=Cc3ccc(O)c(OC)c3)[C@H]2O)ccc1O. The Labute approximate surface area is 291 Å². The molecule has 3 aromatic carbocycles. The summed E-state index contributed by atoms with van der Waals surface area (Å²) in [5.41, 5.74) is -2.18. The highest BCUT2D eigenvalue weighted by atomic mass is 16.6. The standard InChI is InChI=1S/C36H36O15/c1-47-25-16-19(4-10-22(25)37)7-13-28(40)36(46)34(44)32(50-29(41)14-8-20-5-11-23(38)26(17-20)48-2)31(43)33(35(36)45)51-30(42)15-9-21-6-12-24(39)27(18-21)49-3/h4-18,31-35,37-39,43-46H,1-3H3/t31?,32-,33+,34+,35-,36?. The second-order valence-electron chi connectivity index (χ2n) is 11.2. The molecule has 0 amide bonds. The van der Waals surface area contributed by atoms with Crippen LogP contribution in [0.25, 0.3) is 18.2 Å². The number of phenolic OH excluding ortho intramolecular Hbond substituents is 3. The lowest BCUT2D eigenvalue weighted by molar-refractivity contribution is -0.265. The van der Waals surface area contributed by atoms with Gasteiger partial charge in [0.05, 0.1) is 21.3 Å². The van der Waals surface area contributed by atoms with E-state index < -0.39 is 53.8 Å². The van der Waals surface area contributed by atoms with Gasteiger partial charge < -0.3 is 59.4 Å². The molecule has 0 heterocycles. The molecule has 15 heteroatoms. The number of esters is 2. The van der Waals surface area contributed by atoms with Gasteiger partial charge in [-0.05, 0) is 71.3 Å². The van der Waals surface area contributed by atoms with Gasteiger partial charge in [-0.15, -0.1) is 0 Å². The number of hydrogen-bond donors (Lipinski definition) is 7. The van der Waals surface area contributed by atoms with Crippen molar-refractivity contribution < 1.29 is 73.8 Å². The fraction of sp³-hybridized carbons (Fsp3) is 0.250. The zero-order chi connectivity index (χ0) is 37.5. The lowest BCUT2D eigenvalue weighted by Crippen LogP contribution is -2.74. The third-order valence-corrected chi connectivity index (χ3v) is 7.96. The highest BCUT2D eigenvalue weighted by Crippen LogP contribution is 2.36. The summed E-state index contributed by atoms with van der Waals surface area (Å²) in [5, 5.41) is 74.6. The minimum Gasteiger partial charge on any atom is -0.504 e. The zero-order valence-corrected chi connectivity index (χ0v) is 27.4. The van der Waals surface area contributed by atoms with Gasteiger partial charge in [0.25, 0.3) is 0 Å². The predicted octanol–water partition coefficient (Wildman–Crippen LogP) is 1.49. The van der Waals surface area contributed by atoms with Crippen molar-refractivity contribution in [2.75, 3.05) is 21.3 Å². The Balaban J connectivity index is 1.64. The van der Waals surface area contributed by atoms with Gasteiger partial charge in [-0.3, -0.25) is 4.79 Å². The van der Waals surface area contributed by atoms with E-state index in [2.05, 4.69) is 0 Å². The van der Waals surface area contributed by atoms with Gasteiger partial charge in [-0.1, -0.05) is 24.3 Å². The summed E-state index contributed by atoms with van der Waals surface area (Å²) in [6, 6.07) is 12.3. The summed E-state index contributed by atoms with van der Waals surface area (Å²) in [4.78, 5) is 39.3. The number of benzene rings is 3. The number of ketones is 1. The first-order chi connectivity index (χ1) is 24.2. The molecule has 0 radical (unpaired) electrons. The molecule has 0 bridgehead atoms. The first kappa shape index (κ1) is 37.9. The summed E-state index contributed by atoms with van der Waals surface area (Å²) in [7, 11) is 3.94. The molecule has 3 aromatic rings. The third kappa shape index (κ3) is 8.48. The number of aliphatic hydroxyl groups is 4. The maximum absolute atomic E-state index is 13.5. The summed E-state index contributed by atoms with van der Waals surface area (Å²) >= 11 is 0. The van der Waals surface area contributed by atoms with E-state index in [9.17, 15) is 50.1 Å². The zero-order valence-electron chi connectivity index (χ0n) is 27.4. The molecule has 4 rings (SSSR count). The topological polar surface area (TPSA) is 239 Å². The summed E-state index contributed by atoms with van der Waals surface area (Å²) in [5.74, 6) is -3.97. The number of aliphatic hydroxyl groups excluding tert-OH is 3. The molecule has 0 aliphatic heterocycles. The largest absolute Gasteiger partial charge is 0.504 e. The molecule has 15 nitrogen and oxygen atoms in total. The first-order valence-corrected chi connectivity index (χ1v) is 15.1. The fourth-order valence-corrected chi connectivity index (χ4v) is 5.17. The Morgan fingerprint density at radius 2 is 0.922 bits per heavy atom. The van der Waals surface area contributed by atoms with Crippen molar-refractivity contribution in [1.82, 2.24) is 0 Å². The maximum Gasteiger partial charge on any atom is 0.331 e. The average Bonchev–Trinajstić information content (AvgIpc) is 3.13. The average molecular weight is 709 g/mol. The van der Waals surface area contributed by atoms with Crippen molar-refractivity contribution in [3.8, 4) is 34.5 Å². The van der Waals surface area contributed by atoms with Gasteiger partial charge in [0.1, 0.15) is 18.3 Å². The summed E-state index contributed by atoms with van der Waals surface area (Å²) < 4.78 is 25.6. The minimum absolute atomic E-state index is 0.0562. The van der Waals surface area contributed by atoms with E-state index in [1.165, 1.54) is 88.1 Å². The second-order valence-corrected chi connectivity index (χ2v) is 11.2. The van der Waals surface area contributed by atoms with Crippen LogP contribution in [0.3, 0.4) is 0 Å². The molecule has 51 heavy (non-hydrogen) atoms. The maximum atomic E-state index is 13.5. The molecule has 0 saturated heterocycles. The van der Waals surface area contributed by atoms with Crippen LogP contribution >= 0.6 is 0 Å². The number of methoxy groups -OCH3 is 3. The second kappa shape index (κ2) is 16.2. The summed E-state index contributed by atoms with van der Waals surface area (Å²) in [6.07, 6.45) is -5.19. The lowest BCUT2D eigenvalue weighted by atomic mass is 9.72. The number of ether oxygens (including phenoxy) is 5. The fourth-order valence-electron chi connectivity index (χ4n) is 5.17. The van der Waals surface area contributed by atoms with E-state index >= 15 is 0 Å². The van der Waals surface area contributed by atoms with Gasteiger partial charge in [0.2, 0.25) is 0 Å². The Hall–Kier alpha value is -5.87. The van der Waals surface area contributed by atoms with Crippen LogP contribution in [0.15, 0.2) is 72.8 Å². The van der Waals surface area contributed by atoms with E-state index in [4.69, 9.17) is 23.7 Å². The molecule has 1 aliphatic rings. The van der Waals surface area contributed by atoms with Gasteiger partial charge in [-0.25, -0.2) is 9.59 Å². The van der Waals surface area contributed by atoms with Crippen LogP contribution in [0.2, 0.25) is 0 Å². The first-order valence-electron chi connectivity index (χ1n) is 15.1. The van der Waals surface area contributed by atoms with Crippen LogP contribution in [0, 0.1) is 0 Å². The van der Waals surface area contributed by atoms with Crippen LogP contribution in [0.5, 0.6) is 34.5 Å². The number of hydrogen-bond acceptors (Lipinski definition) is 15. The Bertz CT molecular complexity index is 1750. The molecule has 270 valence electrons. The highest BCUT2D eigenvalue weighted by Gasteiger charge is 2.64. The van der Waals surface area contributed by atoms with E-state index in [0.29, 0.717) is 16.7 Å². The molecule has 6 atom stereocenters. The van der Waals surface area contributed by atoms with E-state index in [1.54, 1.807) is 0 Å². The van der Waals surface area contributed by atoms with Crippen LogP contribution in [-0.2, 0) is 23.9 Å². The van der Waals surface area contributed by atoms with Crippen molar-refractivity contribution in [3.63, 3.8) is 0 Å². The van der Waals surface area contributed by atoms with Gasteiger partial charge in [0, 0.05) is 12.2 Å². The van der Waals surface area contributed by atoms with Gasteiger partial charge in [0.15, 0.2) is 58.1 Å². The van der Waals surface area contributed by atoms with Crippen LogP contribution < -0.4 is 14.2 Å². The summed E-state index contributed by atoms with van der Waals surface area (Å²) in [6.45, 7) is 0. The number of aromatic hydroxyl groups is 3. The smallest absolute Gasteiger partial charge is 0.331 e. The predicted molar refractivity (Wildman–Crippen MR) is 179 cm³/mol. The lowest BCUT2D eigenvalue weighted by Gasteiger charge is -2.48. The number of rotatable bonds is 12. The monoisotopic (exact) mass is 708 g/mol. The molecule has 0 aromatic heterocycles. The number of carbonyl (C=O) groups is 3. The van der Waals surface area contributed by atoms with E-state index in [1.807, 2.05) is 0 Å². The third-order valence-electron chi connectivity index (χ3n) is 7.96. The van der Waals surface area contributed by atoms with Crippen molar-refractivity contribution in [2.45, 2.75) is 36.1 Å². The van der Waals surface area contributed by atoms with Crippen LogP contribution in [-0.4, -0.2) is 111 Å². The highest BCUT2D eigenvalue weighted by molar-refractivity contribution is 6.01. The number of phenols is 3.